The number of carbonyl (C=O) groups excluding carboxylic acids is 1. The Hall–Kier alpha value is -3.89. The lowest BCUT2D eigenvalue weighted by Gasteiger charge is -2.23. The van der Waals surface area contributed by atoms with E-state index in [0.29, 0.717) is 13.0 Å². The molecule has 1 atom stereocenters. The monoisotopic (exact) mass is 532 g/mol. The summed E-state index contributed by atoms with van der Waals surface area (Å²) in [5, 5.41) is 4.83. The van der Waals surface area contributed by atoms with Gasteiger partial charge in [0.2, 0.25) is 0 Å². The van der Waals surface area contributed by atoms with Crippen LogP contribution in [0.3, 0.4) is 0 Å². The van der Waals surface area contributed by atoms with E-state index in [4.69, 9.17) is 9.84 Å². The quantitative estimate of drug-likeness (QED) is 0.308. The number of amides is 1. The molecule has 5 aromatic rings. The zero-order chi connectivity index (χ0) is 23.9. The minimum Gasteiger partial charge on any atom is -0.360 e. The second kappa shape index (κ2) is 8.71. The van der Waals surface area contributed by atoms with E-state index in [9.17, 15) is 9.59 Å². The smallest absolute Gasteiger partial charge is 0.323 e. The molecule has 0 bridgehead atoms. The fraction of sp³-hybridized carbons (Fsp3) is 0.160. The maximum atomic E-state index is 12.8. The van der Waals surface area contributed by atoms with Crippen molar-refractivity contribution in [1.29, 1.82) is 0 Å². The van der Waals surface area contributed by atoms with Gasteiger partial charge in [0.1, 0.15) is 12.3 Å². The highest BCUT2D eigenvalue weighted by Crippen LogP contribution is 2.35. The van der Waals surface area contributed by atoms with E-state index < -0.39 is 6.23 Å². The van der Waals surface area contributed by atoms with Gasteiger partial charge >= 0.3 is 5.69 Å². The van der Waals surface area contributed by atoms with Crippen LogP contribution in [0, 0.1) is 0 Å². The molecule has 35 heavy (non-hydrogen) atoms. The molecular weight excluding hydrogens is 512 g/mol. The van der Waals surface area contributed by atoms with Gasteiger partial charge in [0.25, 0.3) is 5.91 Å². The number of ether oxygens (including phenoxy) is 1. The summed E-state index contributed by atoms with van der Waals surface area (Å²) in [6.45, 7) is 0.486. The first kappa shape index (κ1) is 21.6. The number of nitrogens with zero attached hydrogens (tertiary/aromatic N) is 3. The first-order valence-corrected chi connectivity index (χ1v) is 12.0. The van der Waals surface area contributed by atoms with Gasteiger partial charge in [0, 0.05) is 29.0 Å². The Morgan fingerprint density at radius 1 is 1.06 bits per heavy atom. The van der Waals surface area contributed by atoms with Crippen LogP contribution in [0.25, 0.3) is 28.1 Å². The molecule has 1 aliphatic rings. The summed E-state index contributed by atoms with van der Waals surface area (Å²) >= 11 is 3.47. The summed E-state index contributed by atoms with van der Waals surface area (Å²) in [7, 11) is 0. The van der Waals surface area contributed by atoms with Gasteiger partial charge in [-0.25, -0.2) is 9.48 Å². The van der Waals surface area contributed by atoms with Gasteiger partial charge in [-0.2, -0.15) is 5.10 Å². The number of carbonyl (C=O) groups is 1. The lowest BCUT2D eigenvalue weighted by Crippen LogP contribution is -2.30. The topological polar surface area (TPSA) is 112 Å². The largest absolute Gasteiger partial charge is 0.360 e. The van der Waals surface area contributed by atoms with E-state index in [0.717, 1.165) is 43.7 Å². The third-order valence-electron chi connectivity index (χ3n) is 6.14. The second-order valence-corrected chi connectivity index (χ2v) is 9.31. The maximum Gasteiger partial charge on any atom is 0.323 e. The van der Waals surface area contributed by atoms with Crippen LogP contribution in [0.5, 0.6) is 0 Å². The molecule has 1 unspecified atom stereocenters. The third kappa shape index (κ3) is 4.11. The predicted octanol–water partition coefficient (Wildman–Crippen LogP) is 3.90. The summed E-state index contributed by atoms with van der Waals surface area (Å²) in [6.07, 6.45) is 3.83. The van der Waals surface area contributed by atoms with E-state index in [1.54, 1.807) is 9.58 Å². The normalized spacial score (nSPS) is 16.0. The molecule has 3 aromatic heterocycles. The number of hydrogen-bond donors (Lipinski definition) is 3. The highest BCUT2D eigenvalue weighted by atomic mass is 79.9. The summed E-state index contributed by atoms with van der Waals surface area (Å²) in [5.41, 5.74) is 5.57. The van der Waals surface area contributed by atoms with Crippen LogP contribution in [-0.4, -0.2) is 48.7 Å². The van der Waals surface area contributed by atoms with E-state index in [2.05, 4.69) is 30.9 Å². The van der Waals surface area contributed by atoms with Crippen molar-refractivity contribution < 1.29 is 9.53 Å². The lowest BCUT2D eigenvalue weighted by atomic mass is 10.1. The van der Waals surface area contributed by atoms with Gasteiger partial charge in [-0.1, -0.05) is 22.0 Å². The minimum atomic E-state index is -0.555. The van der Waals surface area contributed by atoms with Crippen molar-refractivity contribution in [1.82, 2.24) is 29.6 Å². The Bertz CT molecular complexity index is 1570. The molecule has 0 radical (unpaired) electrons. The van der Waals surface area contributed by atoms with Crippen molar-refractivity contribution in [2.75, 3.05) is 13.2 Å². The Morgan fingerprint density at radius 2 is 1.89 bits per heavy atom. The molecule has 6 rings (SSSR count). The van der Waals surface area contributed by atoms with Crippen LogP contribution in [0.15, 0.2) is 76.3 Å². The lowest BCUT2D eigenvalue weighted by molar-refractivity contribution is -0.128. The van der Waals surface area contributed by atoms with Crippen molar-refractivity contribution in [2.45, 2.75) is 12.6 Å². The maximum absolute atomic E-state index is 12.8. The van der Waals surface area contributed by atoms with Gasteiger partial charge in [-0.05, 0) is 60.5 Å². The van der Waals surface area contributed by atoms with Crippen LogP contribution in [0.4, 0.5) is 0 Å². The molecule has 0 spiro atoms. The number of nitrogens with one attached hydrogen (secondary N) is 3. The highest BCUT2D eigenvalue weighted by molar-refractivity contribution is 9.10. The number of hydrogen-bond acceptors (Lipinski definition) is 4. The number of rotatable bonds is 6. The molecule has 1 aliphatic heterocycles. The molecular formula is C25H21BrN6O3. The number of benzene rings is 2. The van der Waals surface area contributed by atoms with Crippen molar-refractivity contribution in [3.8, 4) is 17.1 Å². The van der Waals surface area contributed by atoms with Gasteiger partial charge < -0.3 is 24.6 Å². The average molecular weight is 533 g/mol. The molecule has 0 saturated carbocycles. The standard InChI is InChI=1S/C25H21BrN6O3/c26-16-4-6-17(7-5-16)32-13-18(23(30-32)20-2-1-10-27-20)24-31(22(33)14-35-24)11-9-15-3-8-19-21(12-15)29-25(34)28-19/h1-8,10,12-13,24,27H,9,11,14H2,(H2,28,29,34). The van der Waals surface area contributed by atoms with E-state index in [1.807, 2.05) is 67.0 Å². The van der Waals surface area contributed by atoms with Gasteiger partial charge in [-0.15, -0.1) is 0 Å². The number of H-pyrrole nitrogens is 3. The number of aromatic amines is 3. The molecule has 1 amide bonds. The molecule has 1 fully saturated rings. The van der Waals surface area contributed by atoms with Crippen molar-refractivity contribution >= 4 is 32.9 Å². The van der Waals surface area contributed by atoms with Crippen LogP contribution >= 0.6 is 15.9 Å². The average Bonchev–Trinajstić information content (AvgIpc) is 3.63. The molecule has 2 aromatic carbocycles. The molecule has 10 heteroatoms. The van der Waals surface area contributed by atoms with Crippen LogP contribution in [-0.2, 0) is 16.0 Å². The SMILES string of the molecule is O=C1COC(c2cn(-c3ccc(Br)cc3)nc2-c2ccc[nH]2)N1CCc1ccc2[nH]c(=O)[nH]c2c1. The molecule has 176 valence electrons. The third-order valence-corrected chi connectivity index (χ3v) is 6.67. The Labute approximate surface area is 207 Å². The van der Waals surface area contributed by atoms with Crippen molar-refractivity contribution in [3.05, 3.63) is 93.1 Å². The molecule has 0 aliphatic carbocycles. The number of fused-ring (bicyclic) bond motifs is 1. The summed E-state index contributed by atoms with van der Waals surface area (Å²) in [4.78, 5) is 34.9. The van der Waals surface area contributed by atoms with Gasteiger partial charge in [0.05, 0.1) is 22.4 Å². The fourth-order valence-electron chi connectivity index (χ4n) is 4.42. The minimum absolute atomic E-state index is 0.0163. The van der Waals surface area contributed by atoms with Crippen molar-refractivity contribution in [3.63, 3.8) is 0 Å². The summed E-state index contributed by atoms with van der Waals surface area (Å²) < 4.78 is 8.77. The Balaban J connectivity index is 1.32. The second-order valence-electron chi connectivity index (χ2n) is 8.40. The van der Waals surface area contributed by atoms with Gasteiger partial charge in [0.15, 0.2) is 6.23 Å². The fourth-order valence-corrected chi connectivity index (χ4v) is 4.68. The molecule has 9 nitrogen and oxygen atoms in total. The van der Waals surface area contributed by atoms with Crippen molar-refractivity contribution in [2.24, 2.45) is 0 Å². The molecule has 1 saturated heterocycles. The Morgan fingerprint density at radius 3 is 2.69 bits per heavy atom. The summed E-state index contributed by atoms with van der Waals surface area (Å²) in [6, 6.07) is 17.5. The van der Waals surface area contributed by atoms with Crippen LogP contribution in [0.2, 0.25) is 0 Å². The zero-order valence-corrected chi connectivity index (χ0v) is 20.1. The van der Waals surface area contributed by atoms with Crippen LogP contribution < -0.4 is 5.69 Å². The Kier molecular flexibility index (Phi) is 5.39. The van der Waals surface area contributed by atoms with E-state index in [-0.39, 0.29) is 18.2 Å². The first-order chi connectivity index (χ1) is 17.0. The molecule has 3 N–H and O–H groups in total. The number of imidazole rings is 1. The van der Waals surface area contributed by atoms with Crippen LogP contribution in [0.1, 0.15) is 17.4 Å². The zero-order valence-electron chi connectivity index (χ0n) is 18.5. The first-order valence-electron chi connectivity index (χ1n) is 11.2. The number of aromatic nitrogens is 5. The van der Waals surface area contributed by atoms with E-state index >= 15 is 0 Å². The van der Waals surface area contributed by atoms with Gasteiger partial charge in [-0.3, -0.25) is 4.79 Å². The highest BCUT2D eigenvalue weighted by Gasteiger charge is 2.36. The molecule has 4 heterocycles. The predicted molar refractivity (Wildman–Crippen MR) is 134 cm³/mol. The number of halogens is 1. The van der Waals surface area contributed by atoms with E-state index in [1.165, 1.54) is 0 Å². The summed E-state index contributed by atoms with van der Waals surface area (Å²) in [5.74, 6) is -0.0695.